The second kappa shape index (κ2) is 6.83. The smallest absolute Gasteiger partial charge is 0.182 e. The Bertz CT molecular complexity index is 763. The molecule has 0 aliphatic rings. The summed E-state index contributed by atoms with van der Waals surface area (Å²) in [6.07, 6.45) is 3.72. The number of aromatic hydroxyl groups is 2. The Labute approximate surface area is 132 Å². The van der Waals surface area contributed by atoms with Gasteiger partial charge in [-0.1, -0.05) is 29.8 Å². The molecule has 0 heterocycles. The van der Waals surface area contributed by atoms with Crippen molar-refractivity contribution in [2.24, 2.45) is 0 Å². The molecule has 2 aromatic rings. The van der Waals surface area contributed by atoms with Crippen LogP contribution < -0.4 is 0 Å². The van der Waals surface area contributed by atoms with Crippen LogP contribution >= 0.6 is 11.6 Å². The molecule has 22 heavy (non-hydrogen) atoms. The van der Waals surface area contributed by atoms with E-state index in [1.165, 1.54) is 42.5 Å². The van der Waals surface area contributed by atoms with Gasteiger partial charge < -0.3 is 15.3 Å². The molecule has 0 unspecified atom stereocenters. The number of aliphatic hydroxyl groups excluding tert-OH is 1. The van der Waals surface area contributed by atoms with Gasteiger partial charge in [-0.05, 0) is 42.0 Å². The highest BCUT2D eigenvalue weighted by atomic mass is 35.5. The SMILES string of the molecule is O=C(C=C(O)c1cc(Cl)ccc1O)/C=C/c1cccc(O)c1. The highest BCUT2D eigenvalue weighted by Gasteiger charge is 2.08. The van der Waals surface area contributed by atoms with Gasteiger partial charge in [0, 0.05) is 11.1 Å². The molecule has 0 aliphatic carbocycles. The van der Waals surface area contributed by atoms with Crippen LogP contribution in [-0.2, 0) is 4.79 Å². The number of phenols is 2. The average molecular weight is 317 g/mol. The number of allylic oxidation sites excluding steroid dienone is 2. The molecule has 0 spiro atoms. The molecule has 2 rings (SSSR count). The number of halogens is 1. The Morgan fingerprint density at radius 3 is 2.59 bits per heavy atom. The molecule has 0 saturated carbocycles. The van der Waals surface area contributed by atoms with Gasteiger partial charge in [0.2, 0.25) is 0 Å². The normalized spacial score (nSPS) is 11.8. The van der Waals surface area contributed by atoms with Crippen molar-refractivity contribution in [2.75, 3.05) is 0 Å². The van der Waals surface area contributed by atoms with Crippen LogP contribution in [0.25, 0.3) is 11.8 Å². The van der Waals surface area contributed by atoms with Crippen molar-refractivity contribution in [2.45, 2.75) is 0 Å². The third-order valence-corrected chi connectivity index (χ3v) is 3.06. The third kappa shape index (κ3) is 4.14. The summed E-state index contributed by atoms with van der Waals surface area (Å²) in [5.41, 5.74) is 0.721. The number of hydrogen-bond donors (Lipinski definition) is 3. The Morgan fingerprint density at radius 2 is 1.86 bits per heavy atom. The molecule has 2 aromatic carbocycles. The van der Waals surface area contributed by atoms with E-state index >= 15 is 0 Å². The number of hydrogen-bond acceptors (Lipinski definition) is 4. The highest BCUT2D eigenvalue weighted by Crippen LogP contribution is 2.26. The fraction of sp³-hybridized carbons (Fsp3) is 0. The molecule has 0 aliphatic heterocycles. The molecule has 112 valence electrons. The lowest BCUT2D eigenvalue weighted by Gasteiger charge is -2.03. The zero-order chi connectivity index (χ0) is 16.1. The molecule has 0 saturated heterocycles. The highest BCUT2D eigenvalue weighted by molar-refractivity contribution is 6.30. The molecule has 0 fully saturated rings. The van der Waals surface area contributed by atoms with E-state index in [4.69, 9.17) is 11.6 Å². The van der Waals surface area contributed by atoms with Crippen molar-refractivity contribution in [3.8, 4) is 11.5 Å². The van der Waals surface area contributed by atoms with Gasteiger partial charge >= 0.3 is 0 Å². The first-order valence-electron chi connectivity index (χ1n) is 6.36. The Morgan fingerprint density at radius 1 is 1.09 bits per heavy atom. The Balaban J connectivity index is 2.18. The monoisotopic (exact) mass is 316 g/mol. The first kappa shape index (κ1) is 15.7. The largest absolute Gasteiger partial charge is 0.508 e. The average Bonchev–Trinajstić information content (AvgIpc) is 2.47. The van der Waals surface area contributed by atoms with Crippen LogP contribution in [0.1, 0.15) is 11.1 Å². The number of aliphatic hydroxyl groups is 1. The molecule has 0 aromatic heterocycles. The lowest BCUT2D eigenvalue weighted by Crippen LogP contribution is -1.91. The summed E-state index contributed by atoms with van der Waals surface area (Å²) >= 11 is 5.78. The number of carbonyl (C=O) groups is 1. The predicted molar refractivity (Wildman–Crippen MR) is 85.9 cm³/mol. The van der Waals surface area contributed by atoms with E-state index in [2.05, 4.69) is 0 Å². The molecule has 4 nitrogen and oxygen atoms in total. The summed E-state index contributed by atoms with van der Waals surface area (Å²) in [5.74, 6) is -0.939. The van der Waals surface area contributed by atoms with Crippen LogP contribution in [0.2, 0.25) is 5.02 Å². The van der Waals surface area contributed by atoms with Crippen molar-refractivity contribution in [3.63, 3.8) is 0 Å². The second-order valence-corrected chi connectivity index (χ2v) is 4.96. The predicted octanol–water partition coefficient (Wildman–Crippen LogP) is 3.93. The number of benzene rings is 2. The molecule has 0 amide bonds. The summed E-state index contributed by atoms with van der Waals surface area (Å²) < 4.78 is 0. The van der Waals surface area contributed by atoms with Gasteiger partial charge in [-0.2, -0.15) is 0 Å². The number of rotatable bonds is 4. The summed E-state index contributed by atoms with van der Waals surface area (Å²) in [6, 6.07) is 10.5. The minimum absolute atomic E-state index is 0.0756. The van der Waals surface area contributed by atoms with Crippen molar-refractivity contribution < 1.29 is 20.1 Å². The number of carbonyl (C=O) groups excluding carboxylic acids is 1. The zero-order valence-corrected chi connectivity index (χ0v) is 12.2. The minimum Gasteiger partial charge on any atom is -0.508 e. The first-order valence-corrected chi connectivity index (χ1v) is 6.74. The first-order chi connectivity index (χ1) is 10.5. The Hall–Kier alpha value is -2.72. The van der Waals surface area contributed by atoms with Crippen LogP contribution in [0.5, 0.6) is 11.5 Å². The molecule has 5 heteroatoms. The molecule has 0 atom stereocenters. The van der Waals surface area contributed by atoms with Crippen LogP contribution in [0.3, 0.4) is 0 Å². The summed E-state index contributed by atoms with van der Waals surface area (Å²) in [5, 5.41) is 29.2. The maximum atomic E-state index is 11.8. The van der Waals surface area contributed by atoms with Crippen LogP contribution in [0, 0.1) is 0 Å². The summed E-state index contributed by atoms with van der Waals surface area (Å²) in [4.78, 5) is 11.8. The van der Waals surface area contributed by atoms with Crippen LogP contribution in [0.15, 0.2) is 54.6 Å². The van der Waals surface area contributed by atoms with Gasteiger partial charge in [0.05, 0.1) is 5.56 Å². The fourth-order valence-electron chi connectivity index (χ4n) is 1.78. The fourth-order valence-corrected chi connectivity index (χ4v) is 1.95. The van der Waals surface area contributed by atoms with Crippen molar-refractivity contribution >= 4 is 29.2 Å². The van der Waals surface area contributed by atoms with Gasteiger partial charge in [0.15, 0.2) is 5.78 Å². The van der Waals surface area contributed by atoms with Gasteiger partial charge in [-0.15, -0.1) is 0 Å². The van der Waals surface area contributed by atoms with E-state index < -0.39 is 5.78 Å². The van der Waals surface area contributed by atoms with Crippen molar-refractivity contribution in [1.82, 2.24) is 0 Å². The van der Waals surface area contributed by atoms with Crippen molar-refractivity contribution in [1.29, 1.82) is 0 Å². The molecular formula is C17H13ClO4. The second-order valence-electron chi connectivity index (χ2n) is 4.52. The molecule has 0 bridgehead atoms. The van der Waals surface area contributed by atoms with Gasteiger partial charge in [0.1, 0.15) is 17.3 Å². The molecule has 0 radical (unpaired) electrons. The van der Waals surface area contributed by atoms with Gasteiger partial charge in [0.25, 0.3) is 0 Å². The minimum atomic E-state index is -0.472. The van der Waals surface area contributed by atoms with E-state index in [-0.39, 0.29) is 22.8 Å². The van der Waals surface area contributed by atoms with E-state index in [1.807, 2.05) is 0 Å². The third-order valence-electron chi connectivity index (χ3n) is 2.82. The molecular weight excluding hydrogens is 304 g/mol. The van der Waals surface area contributed by atoms with Crippen LogP contribution in [-0.4, -0.2) is 21.1 Å². The lowest BCUT2D eigenvalue weighted by molar-refractivity contribution is -0.110. The summed E-state index contributed by atoms with van der Waals surface area (Å²) in [6.45, 7) is 0. The maximum Gasteiger partial charge on any atom is 0.182 e. The van der Waals surface area contributed by atoms with E-state index in [9.17, 15) is 20.1 Å². The van der Waals surface area contributed by atoms with E-state index in [0.717, 1.165) is 6.08 Å². The maximum absolute atomic E-state index is 11.8. The van der Waals surface area contributed by atoms with Crippen molar-refractivity contribution in [3.05, 3.63) is 70.8 Å². The Kier molecular flexibility index (Phi) is 4.86. The lowest BCUT2D eigenvalue weighted by atomic mass is 10.1. The van der Waals surface area contributed by atoms with Gasteiger partial charge in [-0.25, -0.2) is 0 Å². The van der Waals surface area contributed by atoms with Crippen LogP contribution in [0.4, 0.5) is 0 Å². The quantitative estimate of drug-likeness (QED) is 0.590. The zero-order valence-electron chi connectivity index (χ0n) is 11.4. The number of ketones is 1. The van der Waals surface area contributed by atoms with Gasteiger partial charge in [-0.3, -0.25) is 4.79 Å². The standard InChI is InChI=1S/C17H13ClO4/c18-12-5-7-16(21)15(9-12)17(22)10-14(20)6-4-11-2-1-3-13(19)8-11/h1-10,19,21-22H/b6-4+,17-10?. The summed E-state index contributed by atoms with van der Waals surface area (Å²) in [7, 11) is 0. The van der Waals surface area contributed by atoms with E-state index in [0.29, 0.717) is 10.6 Å². The van der Waals surface area contributed by atoms with E-state index in [1.54, 1.807) is 12.1 Å². The number of phenolic OH excluding ortho intramolecular Hbond substituents is 2. The molecule has 3 N–H and O–H groups in total. The topological polar surface area (TPSA) is 77.8 Å².